The molecular formula is C16H15ClN2O6S. The van der Waals surface area contributed by atoms with Crippen molar-refractivity contribution in [3.05, 3.63) is 62.7 Å². The SMILES string of the molecule is CCOC(=O)c1ccc(NS(=O)(=O)c2ccc(C)c([N+](=O)[O-])c2)cc1Cl. The number of ether oxygens (including phenoxy) is 1. The summed E-state index contributed by atoms with van der Waals surface area (Å²) in [4.78, 5) is 21.8. The van der Waals surface area contributed by atoms with E-state index in [1.165, 1.54) is 37.3 Å². The van der Waals surface area contributed by atoms with E-state index in [1.54, 1.807) is 6.92 Å². The number of anilines is 1. The third-order valence-corrected chi connectivity index (χ3v) is 5.10. The summed E-state index contributed by atoms with van der Waals surface area (Å²) >= 11 is 6.00. The number of rotatable bonds is 6. The van der Waals surface area contributed by atoms with Crippen LogP contribution in [0, 0.1) is 17.0 Å². The predicted molar refractivity (Wildman–Crippen MR) is 96.1 cm³/mol. The lowest BCUT2D eigenvalue weighted by Crippen LogP contribution is -2.14. The minimum atomic E-state index is -4.08. The van der Waals surface area contributed by atoms with Crippen LogP contribution in [0.1, 0.15) is 22.8 Å². The third-order valence-electron chi connectivity index (χ3n) is 3.40. The zero-order valence-electron chi connectivity index (χ0n) is 13.9. The number of halogens is 1. The lowest BCUT2D eigenvalue weighted by Gasteiger charge is -2.10. The molecule has 0 atom stereocenters. The van der Waals surface area contributed by atoms with Crippen LogP contribution in [0.5, 0.6) is 0 Å². The van der Waals surface area contributed by atoms with Gasteiger partial charge in [-0.3, -0.25) is 14.8 Å². The fraction of sp³-hybridized carbons (Fsp3) is 0.188. The zero-order chi connectivity index (χ0) is 19.5. The average Bonchev–Trinajstić information content (AvgIpc) is 2.54. The van der Waals surface area contributed by atoms with Gasteiger partial charge in [-0.05, 0) is 38.1 Å². The van der Waals surface area contributed by atoms with E-state index < -0.39 is 20.9 Å². The Labute approximate surface area is 154 Å². The predicted octanol–water partition coefficient (Wildman–Crippen LogP) is 3.53. The highest BCUT2D eigenvalue weighted by atomic mass is 35.5. The average molecular weight is 399 g/mol. The topological polar surface area (TPSA) is 116 Å². The summed E-state index contributed by atoms with van der Waals surface area (Å²) in [5, 5.41) is 11.0. The van der Waals surface area contributed by atoms with Gasteiger partial charge in [0.15, 0.2) is 0 Å². The second-order valence-electron chi connectivity index (χ2n) is 5.23. The molecule has 2 aromatic carbocycles. The first-order valence-corrected chi connectivity index (χ1v) is 9.26. The number of nitro groups is 1. The fourth-order valence-corrected chi connectivity index (χ4v) is 3.45. The van der Waals surface area contributed by atoms with Gasteiger partial charge in [0.1, 0.15) is 0 Å². The monoisotopic (exact) mass is 398 g/mol. The van der Waals surface area contributed by atoms with Crippen molar-refractivity contribution in [2.24, 2.45) is 0 Å². The van der Waals surface area contributed by atoms with Crippen LogP contribution in [0.15, 0.2) is 41.3 Å². The number of aryl methyl sites for hydroxylation is 1. The molecule has 0 bridgehead atoms. The Bertz CT molecular complexity index is 975. The van der Waals surface area contributed by atoms with Crippen LogP contribution in [-0.2, 0) is 14.8 Å². The van der Waals surface area contributed by atoms with Gasteiger partial charge >= 0.3 is 5.97 Å². The van der Waals surface area contributed by atoms with Gasteiger partial charge in [0.25, 0.3) is 15.7 Å². The molecule has 0 amide bonds. The Morgan fingerprint density at radius 3 is 2.54 bits per heavy atom. The first kappa shape index (κ1) is 19.7. The number of esters is 1. The van der Waals surface area contributed by atoms with E-state index in [-0.39, 0.29) is 33.5 Å². The lowest BCUT2D eigenvalue weighted by atomic mass is 10.2. The van der Waals surface area contributed by atoms with Crippen LogP contribution >= 0.6 is 11.6 Å². The first-order valence-electron chi connectivity index (χ1n) is 7.40. The molecule has 0 fully saturated rings. The molecule has 0 aliphatic carbocycles. The molecule has 0 saturated heterocycles. The van der Waals surface area contributed by atoms with E-state index >= 15 is 0 Å². The molecule has 2 aromatic rings. The van der Waals surface area contributed by atoms with Crippen LogP contribution in [0.2, 0.25) is 5.02 Å². The summed E-state index contributed by atoms with van der Waals surface area (Å²) in [6, 6.07) is 7.52. The van der Waals surface area contributed by atoms with Crippen molar-refractivity contribution in [2.45, 2.75) is 18.7 Å². The molecule has 0 spiro atoms. The maximum Gasteiger partial charge on any atom is 0.339 e. The van der Waals surface area contributed by atoms with Crippen LogP contribution in [-0.4, -0.2) is 25.9 Å². The highest BCUT2D eigenvalue weighted by Crippen LogP contribution is 2.26. The smallest absolute Gasteiger partial charge is 0.339 e. The summed E-state index contributed by atoms with van der Waals surface area (Å²) < 4.78 is 32.0. The maximum absolute atomic E-state index is 12.5. The van der Waals surface area contributed by atoms with E-state index in [0.717, 1.165) is 6.07 Å². The van der Waals surface area contributed by atoms with Crippen molar-refractivity contribution >= 4 is 39.0 Å². The van der Waals surface area contributed by atoms with Crippen molar-refractivity contribution in [3.63, 3.8) is 0 Å². The highest BCUT2D eigenvalue weighted by molar-refractivity contribution is 7.92. The number of benzene rings is 2. The normalized spacial score (nSPS) is 11.0. The van der Waals surface area contributed by atoms with Gasteiger partial charge in [0.05, 0.1) is 32.7 Å². The molecule has 0 heterocycles. The van der Waals surface area contributed by atoms with Crippen LogP contribution < -0.4 is 4.72 Å². The van der Waals surface area contributed by atoms with Gasteiger partial charge in [-0.2, -0.15) is 0 Å². The van der Waals surface area contributed by atoms with Gasteiger partial charge in [-0.25, -0.2) is 13.2 Å². The van der Waals surface area contributed by atoms with Crippen molar-refractivity contribution in [3.8, 4) is 0 Å². The summed E-state index contributed by atoms with van der Waals surface area (Å²) in [5.41, 5.74) is 0.244. The van der Waals surface area contributed by atoms with E-state index in [1.807, 2.05) is 0 Å². The quantitative estimate of drug-likeness (QED) is 0.452. The lowest BCUT2D eigenvalue weighted by molar-refractivity contribution is -0.385. The molecule has 0 radical (unpaired) electrons. The highest BCUT2D eigenvalue weighted by Gasteiger charge is 2.21. The number of carbonyl (C=O) groups is 1. The molecule has 0 aliphatic heterocycles. The Kier molecular flexibility index (Phi) is 5.83. The fourth-order valence-electron chi connectivity index (χ4n) is 2.12. The van der Waals surface area contributed by atoms with Crippen molar-refractivity contribution < 1.29 is 22.9 Å². The van der Waals surface area contributed by atoms with Gasteiger partial charge in [-0.15, -0.1) is 0 Å². The Hall–Kier alpha value is -2.65. The second-order valence-corrected chi connectivity index (χ2v) is 7.32. The molecule has 0 aromatic heterocycles. The van der Waals surface area contributed by atoms with E-state index in [9.17, 15) is 23.3 Å². The number of nitrogens with zero attached hydrogens (tertiary/aromatic N) is 1. The van der Waals surface area contributed by atoms with Crippen molar-refractivity contribution in [1.29, 1.82) is 0 Å². The zero-order valence-corrected chi connectivity index (χ0v) is 15.4. The molecule has 138 valence electrons. The third kappa shape index (κ3) is 4.30. The molecule has 2 rings (SSSR count). The number of nitro benzene ring substituents is 1. The van der Waals surface area contributed by atoms with Gasteiger partial charge < -0.3 is 4.74 Å². The largest absolute Gasteiger partial charge is 0.462 e. The molecule has 0 saturated carbocycles. The molecule has 0 unspecified atom stereocenters. The molecule has 8 nitrogen and oxygen atoms in total. The molecule has 0 aliphatic rings. The van der Waals surface area contributed by atoms with Crippen LogP contribution in [0.25, 0.3) is 0 Å². The van der Waals surface area contributed by atoms with Crippen molar-refractivity contribution in [1.82, 2.24) is 0 Å². The van der Waals surface area contributed by atoms with Gasteiger partial charge in [0, 0.05) is 11.6 Å². The minimum Gasteiger partial charge on any atom is -0.462 e. The Balaban J connectivity index is 2.33. The molecule has 1 N–H and O–H groups in total. The Morgan fingerprint density at radius 1 is 1.27 bits per heavy atom. The van der Waals surface area contributed by atoms with Crippen molar-refractivity contribution in [2.75, 3.05) is 11.3 Å². The van der Waals surface area contributed by atoms with Gasteiger partial charge in [0.2, 0.25) is 0 Å². The minimum absolute atomic E-state index is 0.0125. The standard InChI is InChI=1S/C16H15ClN2O6S/c1-3-25-16(20)13-7-5-11(8-14(13)17)18-26(23,24)12-6-4-10(2)15(9-12)19(21)22/h4-9,18H,3H2,1-2H3. The molecule has 26 heavy (non-hydrogen) atoms. The molecular weight excluding hydrogens is 384 g/mol. The number of hydrogen-bond acceptors (Lipinski definition) is 6. The van der Waals surface area contributed by atoms with Crippen LogP contribution in [0.4, 0.5) is 11.4 Å². The number of carbonyl (C=O) groups excluding carboxylic acids is 1. The van der Waals surface area contributed by atoms with E-state index in [2.05, 4.69) is 4.72 Å². The molecule has 10 heteroatoms. The van der Waals surface area contributed by atoms with Gasteiger partial charge in [-0.1, -0.05) is 17.7 Å². The van der Waals surface area contributed by atoms with E-state index in [0.29, 0.717) is 5.56 Å². The Morgan fingerprint density at radius 2 is 1.96 bits per heavy atom. The van der Waals surface area contributed by atoms with Crippen LogP contribution in [0.3, 0.4) is 0 Å². The summed E-state index contributed by atoms with van der Waals surface area (Å²) in [5.74, 6) is -0.624. The number of hydrogen-bond donors (Lipinski definition) is 1. The maximum atomic E-state index is 12.5. The summed E-state index contributed by atoms with van der Waals surface area (Å²) in [6.45, 7) is 3.33. The number of sulfonamides is 1. The summed E-state index contributed by atoms with van der Waals surface area (Å²) in [7, 11) is -4.08. The summed E-state index contributed by atoms with van der Waals surface area (Å²) in [6.07, 6.45) is 0. The number of nitrogens with one attached hydrogen (secondary N) is 1. The van der Waals surface area contributed by atoms with E-state index in [4.69, 9.17) is 16.3 Å². The first-order chi connectivity index (χ1) is 12.2. The second kappa shape index (κ2) is 7.71.